The maximum Gasteiger partial charge on any atom is 0.164 e. The molecule has 2 atom stereocenters. The smallest absolute Gasteiger partial charge is 0.164 e. The molecule has 10 heteroatoms. The van der Waals surface area contributed by atoms with Crippen LogP contribution in [0.25, 0.3) is 50.2 Å². The molecular weight excluding hydrogens is 522 g/mol. The first kappa shape index (κ1) is 24.1. The van der Waals surface area contributed by atoms with Gasteiger partial charge in [0.2, 0.25) is 0 Å². The van der Waals surface area contributed by atoms with Gasteiger partial charge in [-0.1, -0.05) is 19.1 Å². The number of fused-ring (bicyclic) bond motifs is 4. The lowest BCUT2D eigenvalue weighted by molar-refractivity contribution is 0.251. The van der Waals surface area contributed by atoms with Crippen molar-refractivity contribution in [2.45, 2.75) is 25.4 Å². The van der Waals surface area contributed by atoms with E-state index in [1.165, 1.54) is 12.1 Å². The molecule has 8 nitrogen and oxygen atoms in total. The van der Waals surface area contributed by atoms with E-state index in [1.54, 1.807) is 35.4 Å². The van der Waals surface area contributed by atoms with Crippen molar-refractivity contribution < 1.29 is 8.78 Å². The minimum atomic E-state index is -0.623. The highest BCUT2D eigenvalue weighted by atomic mass is 19.1. The van der Waals surface area contributed by atoms with E-state index in [4.69, 9.17) is 5.10 Å². The van der Waals surface area contributed by atoms with Crippen molar-refractivity contribution in [3.63, 3.8) is 0 Å². The summed E-state index contributed by atoms with van der Waals surface area (Å²) < 4.78 is 33.4. The van der Waals surface area contributed by atoms with Gasteiger partial charge in [0.15, 0.2) is 5.65 Å². The minimum absolute atomic E-state index is 0.127. The fourth-order valence-corrected chi connectivity index (χ4v) is 6.70. The molecule has 8 rings (SSSR count). The molecule has 0 spiro atoms. The van der Waals surface area contributed by atoms with E-state index in [-0.39, 0.29) is 17.3 Å². The topological polar surface area (TPSA) is 78.2 Å². The van der Waals surface area contributed by atoms with E-state index < -0.39 is 11.6 Å². The van der Waals surface area contributed by atoms with E-state index >= 15 is 8.78 Å². The van der Waals surface area contributed by atoms with Crippen molar-refractivity contribution in [1.82, 2.24) is 34.7 Å². The van der Waals surface area contributed by atoms with Crippen molar-refractivity contribution >= 4 is 22.2 Å². The van der Waals surface area contributed by atoms with Gasteiger partial charge in [-0.2, -0.15) is 10.2 Å². The number of halogens is 2. The van der Waals surface area contributed by atoms with Gasteiger partial charge in [-0.15, -0.1) is 0 Å². The maximum atomic E-state index is 15.9. The van der Waals surface area contributed by atoms with E-state index in [0.29, 0.717) is 23.1 Å². The molecule has 2 aromatic carbocycles. The largest absolute Gasteiger partial charge is 0.365 e. The van der Waals surface area contributed by atoms with Crippen LogP contribution in [0.3, 0.4) is 0 Å². The van der Waals surface area contributed by atoms with E-state index in [1.807, 2.05) is 30.3 Å². The molecule has 2 aliphatic heterocycles. The Hall–Kier alpha value is -4.70. The van der Waals surface area contributed by atoms with Crippen LogP contribution in [0, 0.1) is 11.6 Å². The monoisotopic (exact) mass is 548 g/mol. The summed E-state index contributed by atoms with van der Waals surface area (Å²) in [7, 11) is 0. The molecule has 6 heterocycles. The predicted octanol–water partition coefficient (Wildman–Crippen LogP) is 5.56. The Balaban J connectivity index is 1.30. The second kappa shape index (κ2) is 9.17. The molecule has 2 bridgehead atoms. The van der Waals surface area contributed by atoms with Gasteiger partial charge in [0.25, 0.3) is 0 Å². The number of nitrogens with one attached hydrogen (secondary N) is 1. The highest BCUT2D eigenvalue weighted by molar-refractivity contribution is 6.02. The van der Waals surface area contributed by atoms with Gasteiger partial charge in [0, 0.05) is 60.4 Å². The molecule has 41 heavy (non-hydrogen) atoms. The zero-order chi connectivity index (χ0) is 27.7. The number of piperazine rings is 1. The molecule has 2 saturated heterocycles. The second-order valence-corrected chi connectivity index (χ2v) is 10.7. The van der Waals surface area contributed by atoms with Gasteiger partial charge < -0.3 is 4.90 Å². The number of benzene rings is 2. The Morgan fingerprint density at radius 1 is 0.951 bits per heavy atom. The maximum absolute atomic E-state index is 15.9. The number of hydrogen-bond acceptors (Lipinski definition) is 6. The number of rotatable bonds is 5. The normalized spacial score (nSPS) is 18.8. The van der Waals surface area contributed by atoms with Gasteiger partial charge in [-0.3, -0.25) is 15.0 Å². The van der Waals surface area contributed by atoms with E-state index in [0.717, 1.165) is 53.6 Å². The Bertz CT molecular complexity index is 1910. The standard InChI is InChI=1S/C31H26F2N8/c1-2-39-16-21-12-20(39)17-40(21)19-13-24(32)29(25(33)14-19)27-8-11-35-31-28(22-4-3-5-26-23(22)15-36-37-26)30(38-41(27)31)18-6-9-34-10-7-18/h3-11,13-15,20-21H,2,12,16-17H2,1H3,(H,36,37)/t20-,21-/m0/s1. The SMILES string of the molecule is CCN1C[C@@H]2C[C@H]1CN2c1cc(F)c(-c2ccnc3c(-c4cccc5[nH]ncc45)c(-c4ccncc4)nn23)c(F)c1. The van der Waals surface area contributed by atoms with Crippen LogP contribution < -0.4 is 4.90 Å². The molecule has 204 valence electrons. The number of nitrogens with zero attached hydrogens (tertiary/aromatic N) is 7. The minimum Gasteiger partial charge on any atom is -0.365 e. The van der Waals surface area contributed by atoms with Crippen LogP contribution in [-0.4, -0.2) is 66.4 Å². The average Bonchev–Trinajstić information content (AvgIpc) is 3.79. The zero-order valence-electron chi connectivity index (χ0n) is 22.3. The number of likely N-dealkylation sites (N-methyl/N-ethyl adjacent to an activating group) is 1. The first-order valence-corrected chi connectivity index (χ1v) is 13.8. The summed E-state index contributed by atoms with van der Waals surface area (Å²) in [6, 6.07) is 14.8. The van der Waals surface area contributed by atoms with Gasteiger partial charge in [0.05, 0.1) is 28.5 Å². The Labute approximate surface area is 234 Å². The van der Waals surface area contributed by atoms with Crippen LogP contribution in [0.1, 0.15) is 13.3 Å². The molecule has 2 fully saturated rings. The lowest BCUT2D eigenvalue weighted by Crippen LogP contribution is -2.46. The third-order valence-electron chi connectivity index (χ3n) is 8.60. The number of aromatic amines is 1. The third-order valence-corrected chi connectivity index (χ3v) is 8.60. The number of likely N-dealkylation sites (tertiary alicyclic amines) is 1. The fraction of sp³-hybridized carbons (Fsp3) is 0.226. The van der Waals surface area contributed by atoms with Crippen molar-refractivity contribution in [3.05, 3.63) is 85.0 Å². The van der Waals surface area contributed by atoms with Gasteiger partial charge >= 0.3 is 0 Å². The van der Waals surface area contributed by atoms with Crippen molar-refractivity contribution in [2.24, 2.45) is 0 Å². The van der Waals surface area contributed by atoms with Crippen LogP contribution in [0.5, 0.6) is 0 Å². The first-order chi connectivity index (χ1) is 20.1. The summed E-state index contributed by atoms with van der Waals surface area (Å²) in [4.78, 5) is 13.4. The molecule has 0 radical (unpaired) electrons. The van der Waals surface area contributed by atoms with E-state index in [9.17, 15) is 0 Å². The van der Waals surface area contributed by atoms with Gasteiger partial charge in [0.1, 0.15) is 17.3 Å². The Morgan fingerprint density at radius 2 is 1.78 bits per heavy atom. The molecular formula is C31H26F2N8. The lowest BCUT2D eigenvalue weighted by Gasteiger charge is -2.35. The summed E-state index contributed by atoms with van der Waals surface area (Å²) in [6.45, 7) is 4.87. The number of hydrogen-bond donors (Lipinski definition) is 1. The molecule has 0 saturated carbocycles. The van der Waals surface area contributed by atoms with Crippen LogP contribution in [0.15, 0.2) is 73.3 Å². The quantitative estimate of drug-likeness (QED) is 0.304. The molecule has 0 amide bonds. The highest BCUT2D eigenvalue weighted by Gasteiger charge is 2.42. The molecule has 4 aromatic heterocycles. The molecule has 0 unspecified atom stereocenters. The third kappa shape index (κ3) is 3.67. The van der Waals surface area contributed by atoms with Crippen LogP contribution in [0.2, 0.25) is 0 Å². The van der Waals surface area contributed by atoms with Crippen LogP contribution in [0.4, 0.5) is 14.5 Å². The number of pyridine rings is 1. The fourth-order valence-electron chi connectivity index (χ4n) is 6.70. The second-order valence-electron chi connectivity index (χ2n) is 10.7. The molecule has 0 aliphatic carbocycles. The lowest BCUT2D eigenvalue weighted by atomic mass is 9.99. The van der Waals surface area contributed by atoms with Crippen LogP contribution >= 0.6 is 0 Å². The Kier molecular flexibility index (Phi) is 5.40. The van der Waals surface area contributed by atoms with E-state index in [2.05, 4.69) is 36.9 Å². The zero-order valence-corrected chi connectivity index (χ0v) is 22.3. The highest BCUT2D eigenvalue weighted by Crippen LogP contribution is 2.41. The van der Waals surface area contributed by atoms with Crippen molar-refractivity contribution in [1.29, 1.82) is 0 Å². The number of H-pyrrole nitrogens is 1. The van der Waals surface area contributed by atoms with Crippen molar-refractivity contribution in [2.75, 3.05) is 24.5 Å². The Morgan fingerprint density at radius 3 is 2.54 bits per heavy atom. The summed E-state index contributed by atoms with van der Waals surface area (Å²) >= 11 is 0. The number of anilines is 1. The summed E-state index contributed by atoms with van der Waals surface area (Å²) in [5, 5.41) is 13.0. The van der Waals surface area contributed by atoms with Gasteiger partial charge in [-0.25, -0.2) is 18.3 Å². The number of aromatic nitrogens is 6. The van der Waals surface area contributed by atoms with Crippen molar-refractivity contribution in [3.8, 4) is 33.6 Å². The molecule has 2 aliphatic rings. The van der Waals surface area contributed by atoms with Crippen LogP contribution in [-0.2, 0) is 0 Å². The predicted molar refractivity (Wildman–Crippen MR) is 153 cm³/mol. The summed E-state index contributed by atoms with van der Waals surface area (Å²) in [5.74, 6) is -1.25. The van der Waals surface area contributed by atoms with Gasteiger partial charge in [-0.05, 0) is 54.9 Å². The summed E-state index contributed by atoms with van der Waals surface area (Å²) in [5.41, 5.74) is 5.16. The first-order valence-electron chi connectivity index (χ1n) is 13.8. The summed E-state index contributed by atoms with van der Waals surface area (Å²) in [6.07, 6.45) is 7.75. The molecule has 1 N–H and O–H groups in total. The average molecular weight is 549 g/mol. The molecule has 6 aromatic rings.